The summed E-state index contributed by atoms with van der Waals surface area (Å²) in [6, 6.07) is 10.0. The third-order valence-corrected chi connectivity index (χ3v) is 3.18. The van der Waals surface area contributed by atoms with Gasteiger partial charge in [-0.2, -0.15) is 5.10 Å². The van der Waals surface area contributed by atoms with Crippen molar-refractivity contribution >= 4 is 5.82 Å². The first kappa shape index (κ1) is 11.5. The van der Waals surface area contributed by atoms with E-state index in [9.17, 15) is 0 Å². The molecule has 0 fully saturated rings. The Morgan fingerprint density at radius 1 is 1.05 bits per heavy atom. The maximum Gasteiger partial charge on any atom is 0.139 e. The Morgan fingerprint density at radius 2 is 1.74 bits per heavy atom. The molecule has 2 aromatic heterocycles. The van der Waals surface area contributed by atoms with Crippen molar-refractivity contribution in [3.05, 3.63) is 42.7 Å². The maximum atomic E-state index is 5.79. The van der Waals surface area contributed by atoms with Gasteiger partial charge < -0.3 is 10.3 Å². The highest BCUT2D eigenvalue weighted by atomic mass is 15.3. The Hall–Kier alpha value is -2.56. The van der Waals surface area contributed by atoms with Crippen molar-refractivity contribution in [1.29, 1.82) is 0 Å². The number of nitrogens with two attached hydrogens (primary N) is 1. The minimum absolute atomic E-state index is 0.656. The second-order valence-electron chi connectivity index (χ2n) is 4.52. The van der Waals surface area contributed by atoms with E-state index in [0.717, 1.165) is 22.6 Å². The lowest BCUT2D eigenvalue weighted by molar-refractivity contribution is 0.782. The van der Waals surface area contributed by atoms with Crippen molar-refractivity contribution < 1.29 is 0 Å². The molecule has 0 aliphatic heterocycles. The Kier molecular flexibility index (Phi) is 2.59. The highest BCUT2D eigenvalue weighted by Gasteiger charge is 2.07. The van der Waals surface area contributed by atoms with Gasteiger partial charge in [0.05, 0.1) is 5.69 Å². The van der Waals surface area contributed by atoms with Crippen molar-refractivity contribution in [1.82, 2.24) is 19.3 Å². The number of hydrogen-bond acceptors (Lipinski definition) is 3. The number of benzene rings is 1. The zero-order valence-corrected chi connectivity index (χ0v) is 10.9. The van der Waals surface area contributed by atoms with Crippen LogP contribution in [0.15, 0.2) is 42.7 Å². The van der Waals surface area contributed by atoms with E-state index in [-0.39, 0.29) is 0 Å². The lowest BCUT2D eigenvalue weighted by Crippen LogP contribution is -1.96. The molecule has 0 radical (unpaired) electrons. The number of rotatable bonds is 2. The minimum atomic E-state index is 0.656. The monoisotopic (exact) mass is 253 g/mol. The van der Waals surface area contributed by atoms with Crippen LogP contribution in [0.5, 0.6) is 0 Å². The molecule has 0 spiro atoms. The normalized spacial score (nSPS) is 10.8. The summed E-state index contributed by atoms with van der Waals surface area (Å²) in [7, 11) is 3.82. The number of nitrogens with zero attached hydrogens (tertiary/aromatic N) is 4. The average molecular weight is 253 g/mol. The molecule has 0 atom stereocenters. The minimum Gasteiger partial charge on any atom is -0.384 e. The molecule has 1 aromatic carbocycles. The van der Waals surface area contributed by atoms with Crippen LogP contribution in [-0.4, -0.2) is 19.3 Å². The van der Waals surface area contributed by atoms with Gasteiger partial charge in [-0.05, 0) is 0 Å². The Morgan fingerprint density at radius 3 is 2.26 bits per heavy atom. The van der Waals surface area contributed by atoms with Gasteiger partial charge in [0.2, 0.25) is 0 Å². The summed E-state index contributed by atoms with van der Waals surface area (Å²) in [5, 5.41) is 4.36. The van der Waals surface area contributed by atoms with Crippen LogP contribution in [-0.2, 0) is 14.1 Å². The molecular weight excluding hydrogens is 238 g/mol. The smallest absolute Gasteiger partial charge is 0.139 e. The Labute approximate surface area is 111 Å². The summed E-state index contributed by atoms with van der Waals surface area (Å²) in [5.74, 6) is 1.61. The standard InChI is InChI=1S/C14H15N5/c1-18-8-7-16-14(18)11-5-3-10(4-6-11)12-9-13(15)19(2)17-12/h3-9H,15H2,1-2H3. The van der Waals surface area contributed by atoms with E-state index in [2.05, 4.69) is 10.1 Å². The van der Waals surface area contributed by atoms with Crippen LogP contribution in [0.25, 0.3) is 22.6 Å². The number of nitrogen functional groups attached to an aromatic ring is 1. The third-order valence-electron chi connectivity index (χ3n) is 3.18. The van der Waals surface area contributed by atoms with Crippen molar-refractivity contribution in [3.8, 4) is 22.6 Å². The molecule has 5 nitrogen and oxygen atoms in total. The fourth-order valence-electron chi connectivity index (χ4n) is 2.06. The van der Waals surface area contributed by atoms with Gasteiger partial charge in [-0.1, -0.05) is 24.3 Å². The number of aromatic nitrogens is 4. The molecular formula is C14H15N5. The summed E-state index contributed by atoms with van der Waals surface area (Å²) < 4.78 is 3.66. The van der Waals surface area contributed by atoms with Crippen LogP contribution in [0.1, 0.15) is 0 Å². The van der Waals surface area contributed by atoms with Gasteiger partial charge in [0.1, 0.15) is 11.6 Å². The van der Waals surface area contributed by atoms with E-state index >= 15 is 0 Å². The van der Waals surface area contributed by atoms with E-state index in [1.807, 2.05) is 55.2 Å². The van der Waals surface area contributed by atoms with Crippen molar-refractivity contribution in [3.63, 3.8) is 0 Å². The van der Waals surface area contributed by atoms with Crippen LogP contribution in [0.4, 0.5) is 5.82 Å². The average Bonchev–Trinajstić information content (AvgIpc) is 2.97. The van der Waals surface area contributed by atoms with Crippen LogP contribution >= 0.6 is 0 Å². The molecule has 0 amide bonds. The van der Waals surface area contributed by atoms with Gasteiger partial charge >= 0.3 is 0 Å². The number of anilines is 1. The first-order valence-electron chi connectivity index (χ1n) is 6.03. The highest BCUT2D eigenvalue weighted by molar-refractivity contribution is 5.66. The van der Waals surface area contributed by atoms with E-state index in [1.165, 1.54) is 0 Å². The van der Waals surface area contributed by atoms with Gasteiger partial charge in [-0.25, -0.2) is 4.98 Å². The molecule has 0 bridgehead atoms. The van der Waals surface area contributed by atoms with Crippen molar-refractivity contribution in [2.45, 2.75) is 0 Å². The molecule has 2 heterocycles. The Balaban J connectivity index is 1.97. The first-order chi connectivity index (χ1) is 9.15. The molecule has 3 rings (SSSR count). The summed E-state index contributed by atoms with van der Waals surface area (Å²) in [5.41, 5.74) is 8.80. The highest BCUT2D eigenvalue weighted by Crippen LogP contribution is 2.23. The molecule has 2 N–H and O–H groups in total. The summed E-state index contributed by atoms with van der Waals surface area (Å²) in [6.07, 6.45) is 3.73. The summed E-state index contributed by atoms with van der Waals surface area (Å²) in [4.78, 5) is 4.33. The molecule has 0 saturated heterocycles. The van der Waals surface area contributed by atoms with Crippen LogP contribution in [0.2, 0.25) is 0 Å². The quantitative estimate of drug-likeness (QED) is 0.760. The molecule has 0 unspecified atom stereocenters. The van der Waals surface area contributed by atoms with Crippen molar-refractivity contribution in [2.24, 2.45) is 14.1 Å². The molecule has 96 valence electrons. The Bertz CT molecular complexity index is 686. The lowest BCUT2D eigenvalue weighted by Gasteiger charge is -2.02. The van der Waals surface area contributed by atoms with Gasteiger partial charge in [0.15, 0.2) is 0 Å². The summed E-state index contributed by atoms with van der Waals surface area (Å²) >= 11 is 0. The van der Waals surface area contributed by atoms with Gasteiger partial charge in [0.25, 0.3) is 0 Å². The summed E-state index contributed by atoms with van der Waals surface area (Å²) in [6.45, 7) is 0. The predicted molar refractivity (Wildman–Crippen MR) is 75.3 cm³/mol. The van der Waals surface area contributed by atoms with Crippen LogP contribution in [0.3, 0.4) is 0 Å². The third kappa shape index (κ3) is 1.99. The zero-order valence-electron chi connectivity index (χ0n) is 10.9. The molecule has 19 heavy (non-hydrogen) atoms. The van der Waals surface area contributed by atoms with E-state index < -0.39 is 0 Å². The van der Waals surface area contributed by atoms with Gasteiger partial charge in [0, 0.05) is 43.7 Å². The van der Waals surface area contributed by atoms with Crippen LogP contribution < -0.4 is 5.73 Å². The van der Waals surface area contributed by atoms with Crippen molar-refractivity contribution in [2.75, 3.05) is 5.73 Å². The number of imidazole rings is 1. The van der Waals surface area contributed by atoms with Crippen LogP contribution in [0, 0.1) is 0 Å². The largest absolute Gasteiger partial charge is 0.384 e. The van der Waals surface area contributed by atoms with Gasteiger partial charge in [-0.3, -0.25) is 4.68 Å². The molecule has 5 heteroatoms. The lowest BCUT2D eigenvalue weighted by atomic mass is 10.1. The second kappa shape index (κ2) is 4.28. The van der Waals surface area contributed by atoms with E-state index in [4.69, 9.17) is 5.73 Å². The SMILES string of the molecule is Cn1ccnc1-c1ccc(-c2cc(N)n(C)n2)cc1. The second-order valence-corrected chi connectivity index (χ2v) is 4.52. The fourth-order valence-corrected chi connectivity index (χ4v) is 2.06. The van der Waals surface area contributed by atoms with E-state index in [1.54, 1.807) is 10.9 Å². The topological polar surface area (TPSA) is 61.7 Å². The number of aryl methyl sites for hydroxylation is 2. The zero-order chi connectivity index (χ0) is 13.4. The number of hydrogen-bond donors (Lipinski definition) is 1. The predicted octanol–water partition coefficient (Wildman–Crippen LogP) is 2.07. The molecule has 3 aromatic rings. The van der Waals surface area contributed by atoms with Gasteiger partial charge in [-0.15, -0.1) is 0 Å². The molecule has 0 aliphatic rings. The molecule has 0 saturated carbocycles. The maximum absolute atomic E-state index is 5.79. The fraction of sp³-hybridized carbons (Fsp3) is 0.143. The first-order valence-corrected chi connectivity index (χ1v) is 6.03. The molecule has 0 aliphatic carbocycles. The van der Waals surface area contributed by atoms with E-state index in [0.29, 0.717) is 5.82 Å².